The molecule has 2 aromatic carbocycles. The van der Waals surface area contributed by atoms with Gasteiger partial charge >= 0.3 is 0 Å². The quantitative estimate of drug-likeness (QED) is 0.831. The van der Waals surface area contributed by atoms with Gasteiger partial charge < -0.3 is 5.32 Å². The van der Waals surface area contributed by atoms with Crippen LogP contribution >= 0.6 is 11.6 Å². The second-order valence-corrected chi connectivity index (χ2v) is 6.30. The maximum Gasteiger partial charge on any atom is 0.123 e. The zero-order valence-corrected chi connectivity index (χ0v) is 12.8. The van der Waals surface area contributed by atoms with Crippen LogP contribution in [0.1, 0.15) is 42.9 Å². The number of benzene rings is 2. The molecule has 1 saturated carbocycles. The predicted molar refractivity (Wildman–Crippen MR) is 85.2 cm³/mol. The second-order valence-electron chi connectivity index (χ2n) is 5.86. The Morgan fingerprint density at radius 1 is 1.14 bits per heavy atom. The highest BCUT2D eigenvalue weighted by Gasteiger charge is 2.31. The van der Waals surface area contributed by atoms with Crippen molar-refractivity contribution in [2.75, 3.05) is 0 Å². The first-order chi connectivity index (χ1) is 10.1. The molecule has 0 unspecified atom stereocenters. The van der Waals surface area contributed by atoms with Crippen LogP contribution in [0.4, 0.5) is 4.39 Å². The van der Waals surface area contributed by atoms with E-state index >= 15 is 0 Å². The summed E-state index contributed by atoms with van der Waals surface area (Å²) in [5, 5.41) is 4.39. The molecule has 1 aliphatic rings. The maximum atomic E-state index is 13.2. The number of hydrogen-bond acceptors (Lipinski definition) is 1. The van der Waals surface area contributed by atoms with Crippen LogP contribution < -0.4 is 5.32 Å². The summed E-state index contributed by atoms with van der Waals surface area (Å²) < 4.78 is 13.2. The Kier molecular flexibility index (Phi) is 4.27. The summed E-state index contributed by atoms with van der Waals surface area (Å²) in [5.74, 6) is 0.342. The van der Waals surface area contributed by atoms with Gasteiger partial charge in [0, 0.05) is 17.1 Å². The van der Waals surface area contributed by atoms with Crippen molar-refractivity contribution < 1.29 is 4.39 Å². The molecule has 0 heterocycles. The van der Waals surface area contributed by atoms with E-state index in [4.69, 9.17) is 11.6 Å². The lowest BCUT2D eigenvalue weighted by molar-refractivity contribution is 0.270. The molecule has 0 radical (unpaired) electrons. The zero-order chi connectivity index (χ0) is 14.8. The van der Waals surface area contributed by atoms with Crippen LogP contribution in [0.25, 0.3) is 0 Å². The molecule has 3 heteroatoms. The van der Waals surface area contributed by atoms with Gasteiger partial charge in [0.2, 0.25) is 0 Å². The molecule has 21 heavy (non-hydrogen) atoms. The van der Waals surface area contributed by atoms with Crippen LogP contribution in [0.2, 0.25) is 5.02 Å². The molecule has 0 amide bonds. The van der Waals surface area contributed by atoms with Gasteiger partial charge in [-0.25, -0.2) is 4.39 Å². The van der Waals surface area contributed by atoms with Crippen LogP contribution in [-0.2, 0) is 0 Å². The topological polar surface area (TPSA) is 12.0 Å². The summed E-state index contributed by atoms with van der Waals surface area (Å²) in [6.45, 7) is 2.17. The first kappa shape index (κ1) is 14.6. The van der Waals surface area contributed by atoms with Crippen molar-refractivity contribution in [3.05, 3.63) is 70.5 Å². The van der Waals surface area contributed by atoms with Crippen LogP contribution in [0.15, 0.2) is 48.5 Å². The third kappa shape index (κ3) is 3.45. The van der Waals surface area contributed by atoms with Crippen LogP contribution in [-0.4, -0.2) is 6.04 Å². The van der Waals surface area contributed by atoms with E-state index in [0.717, 1.165) is 23.4 Å². The molecule has 0 bridgehead atoms. The van der Waals surface area contributed by atoms with Gasteiger partial charge in [-0.2, -0.15) is 0 Å². The highest BCUT2D eigenvalue weighted by molar-refractivity contribution is 6.30. The first-order valence-corrected chi connectivity index (χ1v) is 7.76. The average Bonchev–Trinajstić information content (AvgIpc) is 2.43. The van der Waals surface area contributed by atoms with Crippen molar-refractivity contribution in [1.82, 2.24) is 5.32 Å². The smallest absolute Gasteiger partial charge is 0.123 e. The molecule has 0 aliphatic heterocycles. The highest BCUT2D eigenvalue weighted by Crippen LogP contribution is 2.38. The fourth-order valence-corrected chi connectivity index (χ4v) is 3.11. The van der Waals surface area contributed by atoms with E-state index in [1.54, 1.807) is 12.1 Å². The average molecular weight is 304 g/mol. The maximum absolute atomic E-state index is 13.2. The Hall–Kier alpha value is -1.38. The highest BCUT2D eigenvalue weighted by atomic mass is 35.5. The third-order valence-electron chi connectivity index (χ3n) is 4.31. The van der Waals surface area contributed by atoms with E-state index in [2.05, 4.69) is 24.4 Å². The Morgan fingerprint density at radius 3 is 2.52 bits per heavy atom. The normalized spacial score (nSPS) is 22.6. The predicted octanol–water partition coefficient (Wildman–Crippen LogP) is 5.08. The van der Waals surface area contributed by atoms with E-state index in [0.29, 0.717) is 18.0 Å². The van der Waals surface area contributed by atoms with Crippen molar-refractivity contribution in [2.45, 2.75) is 37.8 Å². The summed E-state index contributed by atoms with van der Waals surface area (Å²) in [7, 11) is 0. The lowest BCUT2D eigenvalue weighted by Crippen LogP contribution is -2.41. The monoisotopic (exact) mass is 303 g/mol. The molecule has 0 saturated heterocycles. The van der Waals surface area contributed by atoms with Gasteiger partial charge in [-0.05, 0) is 61.1 Å². The number of nitrogens with one attached hydrogen (secondary N) is 1. The molecular formula is C18H19ClFN. The third-order valence-corrected chi connectivity index (χ3v) is 4.57. The van der Waals surface area contributed by atoms with E-state index in [9.17, 15) is 4.39 Å². The molecular weight excluding hydrogens is 285 g/mol. The Balaban J connectivity index is 1.54. The van der Waals surface area contributed by atoms with E-state index in [-0.39, 0.29) is 5.82 Å². The van der Waals surface area contributed by atoms with E-state index in [1.165, 1.54) is 11.6 Å². The molecule has 0 aromatic heterocycles. The van der Waals surface area contributed by atoms with Crippen LogP contribution in [0.5, 0.6) is 0 Å². The molecule has 110 valence electrons. The summed E-state index contributed by atoms with van der Waals surface area (Å²) in [5.41, 5.74) is 2.36. The van der Waals surface area contributed by atoms with Gasteiger partial charge in [0.15, 0.2) is 0 Å². The van der Waals surface area contributed by atoms with Crippen molar-refractivity contribution in [1.29, 1.82) is 0 Å². The van der Waals surface area contributed by atoms with Gasteiger partial charge in [0.1, 0.15) is 5.82 Å². The SMILES string of the molecule is C[C@H](NC1CC(c2cccc(F)c2)C1)c1ccc(Cl)cc1. The van der Waals surface area contributed by atoms with Crippen LogP contribution in [0.3, 0.4) is 0 Å². The number of rotatable bonds is 4. The lowest BCUT2D eigenvalue weighted by Gasteiger charge is -2.38. The van der Waals surface area contributed by atoms with Crippen molar-refractivity contribution >= 4 is 11.6 Å². The fourth-order valence-electron chi connectivity index (χ4n) is 2.99. The standard InChI is InChI=1S/C18H19ClFN/c1-12(13-5-7-16(19)8-6-13)21-18-10-15(11-18)14-3-2-4-17(20)9-14/h2-9,12,15,18,21H,10-11H2,1H3/t12-,15?,18?/m0/s1. The lowest BCUT2D eigenvalue weighted by atomic mass is 9.75. The van der Waals surface area contributed by atoms with Gasteiger partial charge in [-0.3, -0.25) is 0 Å². The number of hydrogen-bond donors (Lipinski definition) is 1. The molecule has 3 rings (SSSR count). The van der Waals surface area contributed by atoms with E-state index in [1.807, 2.05) is 18.2 Å². The minimum atomic E-state index is -0.140. The minimum absolute atomic E-state index is 0.140. The molecule has 1 aliphatic carbocycles. The Labute approximate surface area is 130 Å². The van der Waals surface area contributed by atoms with Gasteiger partial charge in [-0.1, -0.05) is 35.9 Å². The molecule has 1 N–H and O–H groups in total. The summed E-state index contributed by atoms with van der Waals surface area (Å²) in [6.07, 6.45) is 2.14. The largest absolute Gasteiger partial charge is 0.307 e. The van der Waals surface area contributed by atoms with Gasteiger partial charge in [0.25, 0.3) is 0 Å². The summed E-state index contributed by atoms with van der Waals surface area (Å²) in [6, 6.07) is 15.7. The molecule has 2 aromatic rings. The van der Waals surface area contributed by atoms with Crippen molar-refractivity contribution in [3.63, 3.8) is 0 Å². The van der Waals surface area contributed by atoms with Crippen LogP contribution in [0, 0.1) is 5.82 Å². The first-order valence-electron chi connectivity index (χ1n) is 7.39. The Morgan fingerprint density at radius 2 is 1.86 bits per heavy atom. The van der Waals surface area contributed by atoms with E-state index < -0.39 is 0 Å². The Bertz CT molecular complexity index is 605. The summed E-state index contributed by atoms with van der Waals surface area (Å²) in [4.78, 5) is 0. The molecule has 1 nitrogen and oxygen atoms in total. The van der Waals surface area contributed by atoms with Crippen molar-refractivity contribution in [2.24, 2.45) is 0 Å². The fraction of sp³-hybridized carbons (Fsp3) is 0.333. The van der Waals surface area contributed by atoms with Gasteiger partial charge in [0.05, 0.1) is 0 Å². The number of halogens is 2. The molecule has 1 atom stereocenters. The van der Waals surface area contributed by atoms with Gasteiger partial charge in [-0.15, -0.1) is 0 Å². The minimum Gasteiger partial charge on any atom is -0.307 e. The molecule has 0 spiro atoms. The second kappa shape index (κ2) is 6.17. The summed E-state index contributed by atoms with van der Waals surface area (Å²) >= 11 is 5.91. The van der Waals surface area contributed by atoms with Crippen molar-refractivity contribution in [3.8, 4) is 0 Å². The molecule has 1 fully saturated rings. The zero-order valence-electron chi connectivity index (χ0n) is 12.0.